The van der Waals surface area contributed by atoms with Crippen molar-refractivity contribution in [2.24, 2.45) is 5.41 Å². The number of methoxy groups -OCH3 is 1. The first kappa shape index (κ1) is 23.5. The van der Waals surface area contributed by atoms with Crippen molar-refractivity contribution in [2.75, 3.05) is 37.4 Å². The van der Waals surface area contributed by atoms with E-state index < -0.39 is 5.82 Å². The molecular weight excluding hydrogens is 469 g/mol. The lowest BCUT2D eigenvalue weighted by Gasteiger charge is -2.31. The highest BCUT2D eigenvalue weighted by Gasteiger charge is 2.44. The predicted molar refractivity (Wildman–Crippen MR) is 136 cm³/mol. The number of likely N-dealkylation sites (tertiary alicyclic amines) is 1. The van der Waals surface area contributed by atoms with Crippen molar-refractivity contribution in [3.8, 4) is 5.75 Å². The number of fused-ring (bicyclic) bond motifs is 1. The highest BCUT2D eigenvalue weighted by Crippen LogP contribution is 2.53. The lowest BCUT2D eigenvalue weighted by atomic mass is 9.94. The minimum absolute atomic E-state index is 0.00590. The zero-order chi connectivity index (χ0) is 24.4. The van der Waals surface area contributed by atoms with Gasteiger partial charge in [-0.15, -0.1) is 0 Å². The molecule has 1 aliphatic heterocycles. The first-order valence-electron chi connectivity index (χ1n) is 11.7. The number of benzene rings is 2. The van der Waals surface area contributed by atoms with Crippen molar-refractivity contribution in [1.82, 2.24) is 14.9 Å². The maximum absolute atomic E-state index is 13.5. The minimum Gasteiger partial charge on any atom is -0.494 e. The fourth-order valence-corrected chi connectivity index (χ4v) is 4.71. The van der Waals surface area contributed by atoms with E-state index in [-0.39, 0.29) is 10.9 Å². The monoisotopic (exact) mass is 495 g/mol. The van der Waals surface area contributed by atoms with Gasteiger partial charge in [-0.1, -0.05) is 17.7 Å². The van der Waals surface area contributed by atoms with Gasteiger partial charge in [0.05, 0.1) is 23.3 Å². The number of amides is 1. The van der Waals surface area contributed by atoms with Crippen molar-refractivity contribution >= 4 is 45.6 Å². The number of piperidine rings is 1. The third kappa shape index (κ3) is 5.39. The summed E-state index contributed by atoms with van der Waals surface area (Å²) in [6, 6.07) is 7.82. The molecule has 35 heavy (non-hydrogen) atoms. The Labute approximate surface area is 208 Å². The Hall–Kier alpha value is -3.23. The second-order valence-electron chi connectivity index (χ2n) is 9.24. The topological polar surface area (TPSA) is 79.4 Å². The highest BCUT2D eigenvalue weighted by atomic mass is 35.5. The van der Waals surface area contributed by atoms with Crippen molar-refractivity contribution in [2.45, 2.75) is 25.7 Å². The smallest absolute Gasteiger partial charge is 0.248 e. The van der Waals surface area contributed by atoms with Crippen LogP contribution in [-0.2, 0) is 4.79 Å². The summed E-state index contributed by atoms with van der Waals surface area (Å²) in [6.45, 7) is 2.96. The number of nitrogens with one attached hydrogen (secondary N) is 2. The maximum atomic E-state index is 13.5. The molecule has 0 atom stereocenters. The number of carbonyl (C=O) groups is 1. The van der Waals surface area contributed by atoms with Crippen LogP contribution < -0.4 is 15.4 Å². The molecule has 1 spiro atoms. The average molecular weight is 496 g/mol. The molecule has 0 radical (unpaired) electrons. The summed E-state index contributed by atoms with van der Waals surface area (Å²) < 4.78 is 19.0. The average Bonchev–Trinajstić information content (AvgIpc) is 3.61. The number of anilines is 3. The first-order valence-corrected chi connectivity index (χ1v) is 12.1. The molecule has 0 bridgehead atoms. The van der Waals surface area contributed by atoms with Gasteiger partial charge in [0.1, 0.15) is 23.7 Å². The van der Waals surface area contributed by atoms with Crippen LogP contribution in [0.15, 0.2) is 48.8 Å². The van der Waals surface area contributed by atoms with E-state index in [1.54, 1.807) is 24.3 Å². The van der Waals surface area contributed by atoms with Gasteiger partial charge in [0.15, 0.2) is 0 Å². The molecule has 3 aromatic rings. The normalized spacial score (nSPS) is 17.1. The van der Waals surface area contributed by atoms with E-state index in [0.717, 1.165) is 19.6 Å². The molecule has 1 aromatic heterocycles. The third-order valence-corrected chi connectivity index (χ3v) is 7.19. The van der Waals surface area contributed by atoms with Crippen LogP contribution in [0.2, 0.25) is 5.02 Å². The van der Waals surface area contributed by atoms with E-state index >= 15 is 0 Å². The van der Waals surface area contributed by atoms with Crippen LogP contribution in [-0.4, -0.2) is 47.5 Å². The minimum atomic E-state index is -0.500. The van der Waals surface area contributed by atoms with Gasteiger partial charge >= 0.3 is 0 Å². The van der Waals surface area contributed by atoms with Gasteiger partial charge in [-0.3, -0.25) is 9.69 Å². The Morgan fingerprint density at radius 3 is 2.71 bits per heavy atom. The van der Waals surface area contributed by atoms with Crippen LogP contribution in [0.4, 0.5) is 21.6 Å². The number of hydrogen-bond donors (Lipinski definition) is 2. The van der Waals surface area contributed by atoms with E-state index in [9.17, 15) is 9.18 Å². The zero-order valence-corrected chi connectivity index (χ0v) is 20.2. The zero-order valence-electron chi connectivity index (χ0n) is 19.5. The van der Waals surface area contributed by atoms with Gasteiger partial charge in [-0.05, 0) is 68.5 Å². The number of halogens is 2. The molecular formula is C26H27ClFN5O2. The molecule has 9 heteroatoms. The van der Waals surface area contributed by atoms with Gasteiger partial charge in [0.25, 0.3) is 0 Å². The summed E-state index contributed by atoms with van der Waals surface area (Å²) in [5.74, 6) is 0.235. The van der Waals surface area contributed by atoms with Crippen LogP contribution in [0.25, 0.3) is 10.9 Å². The molecule has 1 amide bonds. The number of nitrogens with zero attached hydrogens (tertiary/aromatic N) is 3. The standard InChI is InChI=1S/C26H27ClFN5O2/c1-35-23-15-21-18(25(30-16-29-21)31-17-4-5-20(28)19(27)13-17)14-22(23)32-24(34)3-2-10-33-11-8-26(6-7-26)9-12-33/h2-5,13-16H,6-12H2,1H3,(H,32,34)(H,29,30,31)/b3-2+. The van der Waals surface area contributed by atoms with E-state index in [2.05, 4.69) is 25.5 Å². The molecule has 1 saturated carbocycles. The lowest BCUT2D eigenvalue weighted by molar-refractivity contribution is -0.111. The summed E-state index contributed by atoms with van der Waals surface area (Å²) in [5, 5.41) is 6.71. The van der Waals surface area contributed by atoms with Crippen LogP contribution in [0.3, 0.4) is 0 Å². The predicted octanol–water partition coefficient (Wildman–Crippen LogP) is 5.55. The summed E-state index contributed by atoms with van der Waals surface area (Å²) in [6.07, 6.45) is 10.2. The number of aromatic nitrogens is 2. The van der Waals surface area contributed by atoms with Crippen molar-refractivity contribution in [3.63, 3.8) is 0 Å². The maximum Gasteiger partial charge on any atom is 0.248 e. The van der Waals surface area contributed by atoms with Gasteiger partial charge < -0.3 is 15.4 Å². The Kier molecular flexibility index (Phi) is 6.58. The van der Waals surface area contributed by atoms with Gasteiger partial charge in [0, 0.05) is 29.8 Å². The van der Waals surface area contributed by atoms with Gasteiger partial charge in [-0.25, -0.2) is 14.4 Å². The van der Waals surface area contributed by atoms with Crippen molar-refractivity contribution < 1.29 is 13.9 Å². The van der Waals surface area contributed by atoms with E-state index in [1.807, 2.05) is 6.08 Å². The van der Waals surface area contributed by atoms with E-state index in [1.165, 1.54) is 51.3 Å². The molecule has 2 fully saturated rings. The van der Waals surface area contributed by atoms with Gasteiger partial charge in [0.2, 0.25) is 5.91 Å². The van der Waals surface area contributed by atoms with Crippen molar-refractivity contribution in [3.05, 3.63) is 59.7 Å². The molecule has 2 aromatic carbocycles. The molecule has 2 N–H and O–H groups in total. The Morgan fingerprint density at radius 2 is 2.00 bits per heavy atom. The van der Waals surface area contributed by atoms with Crippen LogP contribution in [0, 0.1) is 11.2 Å². The Morgan fingerprint density at radius 1 is 1.20 bits per heavy atom. The highest BCUT2D eigenvalue weighted by molar-refractivity contribution is 6.31. The molecule has 0 unspecified atom stereocenters. The molecule has 7 nitrogen and oxygen atoms in total. The Bertz CT molecular complexity index is 1280. The molecule has 1 aliphatic carbocycles. The summed E-state index contributed by atoms with van der Waals surface area (Å²) in [4.78, 5) is 23.7. The van der Waals surface area contributed by atoms with Crippen LogP contribution in [0.1, 0.15) is 25.7 Å². The van der Waals surface area contributed by atoms with Crippen LogP contribution in [0.5, 0.6) is 5.75 Å². The van der Waals surface area contributed by atoms with E-state index in [0.29, 0.717) is 39.3 Å². The number of rotatable bonds is 7. The summed E-state index contributed by atoms with van der Waals surface area (Å²) in [5.41, 5.74) is 2.34. The quantitative estimate of drug-likeness (QED) is 0.419. The second-order valence-corrected chi connectivity index (χ2v) is 9.65. The largest absolute Gasteiger partial charge is 0.494 e. The lowest BCUT2D eigenvalue weighted by Crippen LogP contribution is -2.34. The SMILES string of the molecule is COc1cc2ncnc(Nc3ccc(F)c(Cl)c3)c2cc1NC(=O)/C=C/CN1CCC2(CC1)CC2. The summed E-state index contributed by atoms with van der Waals surface area (Å²) >= 11 is 5.91. The fourth-order valence-electron chi connectivity index (χ4n) is 4.53. The van der Waals surface area contributed by atoms with Gasteiger partial charge in [-0.2, -0.15) is 0 Å². The molecule has 5 rings (SSSR count). The third-order valence-electron chi connectivity index (χ3n) is 6.90. The second kappa shape index (κ2) is 9.79. The summed E-state index contributed by atoms with van der Waals surface area (Å²) in [7, 11) is 1.54. The van der Waals surface area contributed by atoms with Crippen LogP contribution >= 0.6 is 11.6 Å². The Balaban J connectivity index is 1.30. The molecule has 2 heterocycles. The van der Waals surface area contributed by atoms with E-state index in [4.69, 9.17) is 16.3 Å². The molecule has 182 valence electrons. The number of carbonyl (C=O) groups excluding carboxylic acids is 1. The fraction of sp³-hybridized carbons (Fsp3) is 0.346. The molecule has 2 aliphatic rings. The van der Waals surface area contributed by atoms with Crippen molar-refractivity contribution in [1.29, 1.82) is 0 Å². The number of hydrogen-bond acceptors (Lipinski definition) is 6. The first-order chi connectivity index (χ1) is 16.9. The number of ether oxygens (including phenoxy) is 1. The molecule has 1 saturated heterocycles.